The van der Waals surface area contributed by atoms with E-state index < -0.39 is 17.5 Å². The minimum Gasteiger partial charge on any atom is -0.481 e. The van der Waals surface area contributed by atoms with Gasteiger partial charge in [-0.1, -0.05) is 13.3 Å². The third-order valence-corrected chi connectivity index (χ3v) is 5.66. The van der Waals surface area contributed by atoms with Crippen molar-refractivity contribution in [3.8, 4) is 0 Å². The first kappa shape index (κ1) is 18.8. The number of aliphatic hydroxyl groups excluding tert-OH is 2. The lowest BCUT2D eigenvalue weighted by Crippen LogP contribution is -2.56. The second-order valence-corrected chi connectivity index (χ2v) is 7.39. The Hall–Kier alpha value is -1.93. The molecule has 3 N–H and O–H groups in total. The number of carbonyl (C=O) groups is 1. The molecule has 1 aromatic heterocycles. The third kappa shape index (κ3) is 3.61. The van der Waals surface area contributed by atoms with Crippen molar-refractivity contribution in [2.45, 2.75) is 51.2 Å². The zero-order valence-corrected chi connectivity index (χ0v) is 15.2. The maximum Gasteiger partial charge on any atom is 0.314 e. The van der Waals surface area contributed by atoms with Crippen molar-refractivity contribution in [1.29, 1.82) is 0 Å². The van der Waals surface area contributed by atoms with Gasteiger partial charge in [-0.3, -0.25) is 4.79 Å². The van der Waals surface area contributed by atoms with Crippen molar-refractivity contribution in [2.75, 3.05) is 36.0 Å². The predicted molar refractivity (Wildman–Crippen MR) is 97.3 cm³/mol. The second-order valence-electron chi connectivity index (χ2n) is 7.39. The number of nitrogens with zero attached hydrogens (tertiary/aromatic N) is 4. The minimum absolute atomic E-state index is 0.243. The Balaban J connectivity index is 1.80. The highest BCUT2D eigenvalue weighted by atomic mass is 16.4. The molecule has 1 aromatic rings. The maximum atomic E-state index is 11.9. The van der Waals surface area contributed by atoms with E-state index in [1.807, 2.05) is 17.9 Å². The predicted octanol–water partition coefficient (Wildman–Crippen LogP) is 0.880. The molecule has 0 aliphatic carbocycles. The van der Waals surface area contributed by atoms with E-state index in [9.17, 15) is 20.1 Å². The summed E-state index contributed by atoms with van der Waals surface area (Å²) in [7, 11) is 0. The molecule has 2 aliphatic rings. The summed E-state index contributed by atoms with van der Waals surface area (Å²) in [5.41, 5.74) is -1.16. The van der Waals surface area contributed by atoms with Gasteiger partial charge in [0.05, 0.1) is 12.2 Å². The number of hydrogen-bond donors (Lipinski definition) is 3. The van der Waals surface area contributed by atoms with Crippen LogP contribution < -0.4 is 9.80 Å². The lowest BCUT2D eigenvalue weighted by molar-refractivity contribution is -0.158. The highest BCUT2D eigenvalue weighted by Crippen LogP contribution is 2.37. The topological polar surface area (TPSA) is 110 Å². The van der Waals surface area contributed by atoms with Gasteiger partial charge in [-0.05, 0) is 25.7 Å². The molecule has 0 spiro atoms. The molecular formula is C18H28N4O4. The van der Waals surface area contributed by atoms with E-state index in [0.29, 0.717) is 44.5 Å². The molecule has 0 saturated carbocycles. The van der Waals surface area contributed by atoms with Crippen molar-refractivity contribution in [3.63, 3.8) is 0 Å². The molecule has 3 heterocycles. The molecule has 8 nitrogen and oxygen atoms in total. The smallest absolute Gasteiger partial charge is 0.314 e. The first-order chi connectivity index (χ1) is 12.5. The van der Waals surface area contributed by atoms with Crippen LogP contribution in [0.25, 0.3) is 0 Å². The van der Waals surface area contributed by atoms with Crippen LogP contribution in [-0.4, -0.2) is 69.6 Å². The normalized spacial score (nSPS) is 27.6. The molecule has 2 atom stereocenters. The first-order valence-electron chi connectivity index (χ1n) is 9.37. The Labute approximate surface area is 153 Å². The monoisotopic (exact) mass is 364 g/mol. The van der Waals surface area contributed by atoms with Crippen LogP contribution in [0.1, 0.15) is 39.0 Å². The quantitative estimate of drug-likeness (QED) is 0.706. The molecule has 0 amide bonds. The van der Waals surface area contributed by atoms with Crippen molar-refractivity contribution >= 4 is 17.6 Å². The van der Waals surface area contributed by atoms with Crippen LogP contribution in [-0.2, 0) is 4.79 Å². The van der Waals surface area contributed by atoms with Gasteiger partial charge in [0.2, 0.25) is 0 Å². The van der Waals surface area contributed by atoms with Gasteiger partial charge in [0, 0.05) is 32.2 Å². The Bertz CT molecular complexity index is 635. The zero-order chi connectivity index (χ0) is 18.7. The van der Waals surface area contributed by atoms with Crippen LogP contribution in [0, 0.1) is 5.41 Å². The zero-order valence-electron chi connectivity index (χ0n) is 15.2. The Kier molecular flexibility index (Phi) is 5.62. The molecule has 2 fully saturated rings. The van der Waals surface area contributed by atoms with Crippen LogP contribution in [0.4, 0.5) is 11.6 Å². The van der Waals surface area contributed by atoms with Crippen molar-refractivity contribution in [1.82, 2.24) is 9.97 Å². The average molecular weight is 364 g/mol. The highest BCUT2D eigenvalue weighted by Gasteiger charge is 2.48. The van der Waals surface area contributed by atoms with E-state index in [4.69, 9.17) is 0 Å². The number of rotatable bonds is 5. The second kappa shape index (κ2) is 7.75. The lowest BCUT2D eigenvalue weighted by atomic mass is 9.74. The number of hydrogen-bond acceptors (Lipinski definition) is 7. The number of aromatic nitrogens is 2. The number of anilines is 2. The van der Waals surface area contributed by atoms with E-state index in [1.54, 1.807) is 0 Å². The van der Waals surface area contributed by atoms with Crippen LogP contribution in [0.3, 0.4) is 0 Å². The van der Waals surface area contributed by atoms with Crippen LogP contribution in [0.15, 0.2) is 12.4 Å². The number of aliphatic carboxylic acids is 1. The van der Waals surface area contributed by atoms with Gasteiger partial charge in [-0.15, -0.1) is 0 Å². The fraction of sp³-hybridized carbons (Fsp3) is 0.722. The number of aliphatic hydroxyl groups is 2. The standard InChI is InChI=1S/C18H28N4O4/c1-2-6-18(17(25)26)11-22(9-5-14(18)24)16-10-15(19-12-20-16)21-7-3-13(23)4-8-21/h10,12-14,23-24H,2-9,11H2,1H3,(H,25,26)/t14-,18-/m1/s1. The van der Waals surface area contributed by atoms with Gasteiger partial charge in [-0.25, -0.2) is 9.97 Å². The summed E-state index contributed by atoms with van der Waals surface area (Å²) in [4.78, 5) is 24.7. The van der Waals surface area contributed by atoms with E-state index in [1.165, 1.54) is 6.33 Å². The fourth-order valence-corrected chi connectivity index (χ4v) is 4.06. The summed E-state index contributed by atoms with van der Waals surface area (Å²) in [6, 6.07) is 1.88. The lowest BCUT2D eigenvalue weighted by Gasteiger charge is -2.44. The van der Waals surface area contributed by atoms with Gasteiger partial charge in [0.1, 0.15) is 23.4 Å². The number of carboxylic acids is 1. The summed E-state index contributed by atoms with van der Waals surface area (Å²) >= 11 is 0. The summed E-state index contributed by atoms with van der Waals surface area (Å²) in [5.74, 6) is 0.537. The van der Waals surface area contributed by atoms with E-state index in [0.717, 1.165) is 18.9 Å². The van der Waals surface area contributed by atoms with Crippen molar-refractivity contribution in [3.05, 3.63) is 12.4 Å². The molecule has 0 radical (unpaired) electrons. The molecule has 3 rings (SSSR count). The van der Waals surface area contributed by atoms with Gasteiger partial charge in [-0.2, -0.15) is 0 Å². The summed E-state index contributed by atoms with van der Waals surface area (Å²) in [5, 5.41) is 29.9. The molecule has 2 aliphatic heterocycles. The Morgan fingerprint density at radius 3 is 2.38 bits per heavy atom. The van der Waals surface area contributed by atoms with Crippen LogP contribution in [0.2, 0.25) is 0 Å². The van der Waals surface area contributed by atoms with Crippen molar-refractivity contribution in [2.24, 2.45) is 5.41 Å². The van der Waals surface area contributed by atoms with Gasteiger partial charge < -0.3 is 25.1 Å². The summed E-state index contributed by atoms with van der Waals surface area (Å²) in [6.45, 7) is 4.22. The van der Waals surface area contributed by atoms with Crippen LogP contribution >= 0.6 is 0 Å². The van der Waals surface area contributed by atoms with Crippen molar-refractivity contribution < 1.29 is 20.1 Å². The Morgan fingerprint density at radius 2 is 1.77 bits per heavy atom. The molecule has 0 bridgehead atoms. The third-order valence-electron chi connectivity index (χ3n) is 5.66. The molecule has 8 heteroatoms. The SMILES string of the molecule is CCC[C@@]1(C(=O)O)CN(c2cc(N3CCC(O)CC3)ncn2)CC[C@H]1O. The number of piperidine rings is 2. The summed E-state index contributed by atoms with van der Waals surface area (Å²) < 4.78 is 0. The van der Waals surface area contributed by atoms with Gasteiger partial charge >= 0.3 is 5.97 Å². The molecule has 0 aromatic carbocycles. The molecule has 26 heavy (non-hydrogen) atoms. The molecule has 2 saturated heterocycles. The van der Waals surface area contributed by atoms with E-state index in [-0.39, 0.29) is 12.6 Å². The Morgan fingerprint density at radius 1 is 1.15 bits per heavy atom. The first-order valence-corrected chi connectivity index (χ1v) is 9.37. The molecular weight excluding hydrogens is 336 g/mol. The molecule has 0 unspecified atom stereocenters. The van der Waals surface area contributed by atoms with E-state index >= 15 is 0 Å². The number of carboxylic acid groups (broad SMARTS) is 1. The van der Waals surface area contributed by atoms with Gasteiger partial charge in [0.25, 0.3) is 0 Å². The maximum absolute atomic E-state index is 11.9. The minimum atomic E-state index is -1.16. The fourth-order valence-electron chi connectivity index (χ4n) is 4.06. The highest BCUT2D eigenvalue weighted by molar-refractivity contribution is 5.77. The van der Waals surface area contributed by atoms with E-state index in [2.05, 4.69) is 14.9 Å². The summed E-state index contributed by atoms with van der Waals surface area (Å²) in [6.07, 6.45) is 3.37. The molecule has 144 valence electrons. The largest absolute Gasteiger partial charge is 0.481 e. The average Bonchev–Trinajstić information content (AvgIpc) is 2.64. The van der Waals surface area contributed by atoms with Crippen LogP contribution in [0.5, 0.6) is 0 Å². The van der Waals surface area contributed by atoms with Gasteiger partial charge in [0.15, 0.2) is 0 Å².